The van der Waals surface area contributed by atoms with Crippen molar-refractivity contribution in [2.75, 3.05) is 5.75 Å². The number of thioether (sulfide) groups is 1. The van der Waals surface area contributed by atoms with E-state index in [-0.39, 0.29) is 5.91 Å². The van der Waals surface area contributed by atoms with Gasteiger partial charge in [-0.15, -0.1) is 18.3 Å². The van der Waals surface area contributed by atoms with Crippen molar-refractivity contribution < 1.29 is 4.79 Å². The van der Waals surface area contributed by atoms with Gasteiger partial charge in [0.05, 0.1) is 10.2 Å². The standard InChI is InChI=1S/C21H22N2OS2/c1-5-10-23-18-11-14(3)15(4)12-19(18)26-21(23)22-20(24)16-8-7-9-17(13-16)25-6-2/h5,7-9,11-13H,1,6,10H2,2-4H3. The Morgan fingerprint density at radius 2 is 2.04 bits per heavy atom. The summed E-state index contributed by atoms with van der Waals surface area (Å²) < 4.78 is 3.19. The minimum absolute atomic E-state index is 0.207. The summed E-state index contributed by atoms with van der Waals surface area (Å²) in [6, 6.07) is 12.0. The fourth-order valence-corrected chi connectivity index (χ4v) is 4.59. The number of aryl methyl sites for hydroxylation is 2. The van der Waals surface area contributed by atoms with Crippen LogP contribution in [-0.2, 0) is 6.54 Å². The molecule has 0 aliphatic carbocycles. The summed E-state index contributed by atoms with van der Waals surface area (Å²) in [6.45, 7) is 10.8. The molecule has 3 rings (SSSR count). The maximum atomic E-state index is 12.7. The van der Waals surface area contributed by atoms with Gasteiger partial charge in [-0.2, -0.15) is 4.99 Å². The summed E-state index contributed by atoms with van der Waals surface area (Å²) >= 11 is 3.27. The molecule has 0 spiro atoms. The van der Waals surface area contributed by atoms with E-state index in [0.29, 0.717) is 16.9 Å². The summed E-state index contributed by atoms with van der Waals surface area (Å²) in [4.78, 5) is 19.0. The van der Waals surface area contributed by atoms with Crippen LogP contribution in [-0.4, -0.2) is 16.2 Å². The largest absolute Gasteiger partial charge is 0.312 e. The number of allylic oxidation sites excluding steroid dienone is 1. The average molecular weight is 383 g/mol. The molecule has 0 saturated carbocycles. The zero-order valence-corrected chi connectivity index (χ0v) is 16.9. The number of thiazole rings is 1. The third-order valence-corrected chi connectivity index (χ3v) is 6.12. The number of benzene rings is 2. The maximum absolute atomic E-state index is 12.7. The van der Waals surface area contributed by atoms with Crippen molar-refractivity contribution in [1.82, 2.24) is 4.57 Å². The van der Waals surface area contributed by atoms with Gasteiger partial charge < -0.3 is 4.57 Å². The molecule has 0 radical (unpaired) electrons. The number of carbonyl (C=O) groups excluding carboxylic acids is 1. The van der Waals surface area contributed by atoms with Crippen LogP contribution in [0.25, 0.3) is 10.2 Å². The number of rotatable bonds is 5. The van der Waals surface area contributed by atoms with E-state index < -0.39 is 0 Å². The Bertz CT molecular complexity index is 1040. The molecular weight excluding hydrogens is 360 g/mol. The van der Waals surface area contributed by atoms with Gasteiger partial charge in [0.25, 0.3) is 5.91 Å². The highest BCUT2D eigenvalue weighted by molar-refractivity contribution is 7.99. The van der Waals surface area contributed by atoms with Gasteiger partial charge >= 0.3 is 0 Å². The van der Waals surface area contributed by atoms with Crippen molar-refractivity contribution in [1.29, 1.82) is 0 Å². The fourth-order valence-electron chi connectivity index (χ4n) is 2.75. The van der Waals surface area contributed by atoms with E-state index in [0.717, 1.165) is 20.9 Å². The quantitative estimate of drug-likeness (QED) is 0.440. The molecule has 1 heterocycles. The van der Waals surface area contributed by atoms with Crippen LogP contribution < -0.4 is 4.80 Å². The molecule has 5 heteroatoms. The van der Waals surface area contributed by atoms with Gasteiger partial charge in [-0.3, -0.25) is 4.79 Å². The molecule has 0 aliphatic heterocycles. The molecule has 0 unspecified atom stereocenters. The molecule has 0 aliphatic rings. The van der Waals surface area contributed by atoms with E-state index in [4.69, 9.17) is 0 Å². The van der Waals surface area contributed by atoms with Crippen molar-refractivity contribution in [2.45, 2.75) is 32.2 Å². The van der Waals surface area contributed by atoms with E-state index in [1.165, 1.54) is 11.1 Å². The van der Waals surface area contributed by atoms with E-state index in [1.807, 2.05) is 30.3 Å². The summed E-state index contributed by atoms with van der Waals surface area (Å²) in [5, 5.41) is 0. The molecule has 134 valence electrons. The summed E-state index contributed by atoms with van der Waals surface area (Å²) in [7, 11) is 0. The van der Waals surface area contributed by atoms with Crippen LogP contribution in [0.5, 0.6) is 0 Å². The number of nitrogens with zero attached hydrogens (tertiary/aromatic N) is 2. The predicted octanol–water partition coefficient (Wildman–Crippen LogP) is 5.36. The van der Waals surface area contributed by atoms with Crippen molar-refractivity contribution in [2.24, 2.45) is 4.99 Å². The number of hydrogen-bond donors (Lipinski definition) is 0. The monoisotopic (exact) mass is 382 g/mol. The SMILES string of the molecule is C=CCn1c(=NC(=O)c2cccc(SCC)c2)sc2cc(C)c(C)cc21. The minimum Gasteiger partial charge on any atom is -0.312 e. The second-order valence-electron chi connectivity index (χ2n) is 6.07. The van der Waals surface area contributed by atoms with Gasteiger partial charge in [-0.25, -0.2) is 0 Å². The van der Waals surface area contributed by atoms with Crippen LogP contribution in [0.4, 0.5) is 0 Å². The van der Waals surface area contributed by atoms with Crippen LogP contribution in [0.15, 0.2) is 58.9 Å². The highest BCUT2D eigenvalue weighted by atomic mass is 32.2. The molecule has 1 aromatic heterocycles. The molecule has 2 aromatic carbocycles. The number of hydrogen-bond acceptors (Lipinski definition) is 3. The van der Waals surface area contributed by atoms with E-state index in [1.54, 1.807) is 23.1 Å². The molecule has 26 heavy (non-hydrogen) atoms. The number of fused-ring (bicyclic) bond motifs is 1. The molecule has 3 aromatic rings. The van der Waals surface area contributed by atoms with Gasteiger partial charge in [-0.05, 0) is 61.1 Å². The molecular formula is C21H22N2OS2. The van der Waals surface area contributed by atoms with Gasteiger partial charge in [0.2, 0.25) is 0 Å². The zero-order chi connectivity index (χ0) is 18.7. The maximum Gasteiger partial charge on any atom is 0.279 e. The van der Waals surface area contributed by atoms with Crippen LogP contribution >= 0.6 is 23.1 Å². The highest BCUT2D eigenvalue weighted by Gasteiger charge is 2.10. The molecule has 0 bridgehead atoms. The Kier molecular flexibility index (Phi) is 5.79. The molecule has 3 nitrogen and oxygen atoms in total. The summed E-state index contributed by atoms with van der Waals surface area (Å²) in [5.41, 5.74) is 4.19. The lowest BCUT2D eigenvalue weighted by Gasteiger charge is -2.04. The Balaban J connectivity index is 2.11. The lowest BCUT2D eigenvalue weighted by atomic mass is 10.1. The van der Waals surface area contributed by atoms with Gasteiger partial charge in [0.15, 0.2) is 4.80 Å². The topological polar surface area (TPSA) is 34.4 Å². The normalized spacial score (nSPS) is 11.9. The van der Waals surface area contributed by atoms with Gasteiger partial charge in [0.1, 0.15) is 0 Å². The van der Waals surface area contributed by atoms with Crippen molar-refractivity contribution in [3.05, 3.63) is 70.5 Å². The molecule has 1 amide bonds. The molecule has 0 fully saturated rings. The molecule has 0 N–H and O–H groups in total. The number of amides is 1. The second kappa shape index (κ2) is 8.06. The van der Waals surface area contributed by atoms with E-state index in [9.17, 15) is 4.79 Å². The second-order valence-corrected chi connectivity index (χ2v) is 8.41. The molecule has 0 atom stereocenters. The van der Waals surface area contributed by atoms with Crippen molar-refractivity contribution in [3.63, 3.8) is 0 Å². The first-order valence-electron chi connectivity index (χ1n) is 8.57. The Morgan fingerprint density at radius 1 is 1.27 bits per heavy atom. The first-order chi connectivity index (χ1) is 12.5. The summed E-state index contributed by atoms with van der Waals surface area (Å²) in [5.74, 6) is 0.768. The Hall–Kier alpha value is -2.11. The Morgan fingerprint density at radius 3 is 2.77 bits per heavy atom. The fraction of sp³-hybridized carbons (Fsp3) is 0.238. The Labute approximate surface area is 162 Å². The summed E-state index contributed by atoms with van der Waals surface area (Å²) in [6.07, 6.45) is 1.84. The number of aromatic nitrogens is 1. The zero-order valence-electron chi connectivity index (χ0n) is 15.3. The third kappa shape index (κ3) is 3.84. The van der Waals surface area contributed by atoms with Crippen molar-refractivity contribution in [3.8, 4) is 0 Å². The molecule has 0 saturated heterocycles. The van der Waals surface area contributed by atoms with Crippen LogP contribution in [0.1, 0.15) is 28.4 Å². The van der Waals surface area contributed by atoms with E-state index >= 15 is 0 Å². The first-order valence-corrected chi connectivity index (χ1v) is 10.4. The van der Waals surface area contributed by atoms with Crippen molar-refractivity contribution >= 4 is 39.2 Å². The van der Waals surface area contributed by atoms with Gasteiger partial charge in [-0.1, -0.05) is 30.4 Å². The smallest absolute Gasteiger partial charge is 0.279 e. The van der Waals surface area contributed by atoms with Crippen LogP contribution in [0.2, 0.25) is 0 Å². The lowest BCUT2D eigenvalue weighted by Crippen LogP contribution is -2.16. The highest BCUT2D eigenvalue weighted by Crippen LogP contribution is 2.22. The van der Waals surface area contributed by atoms with Gasteiger partial charge in [0, 0.05) is 17.0 Å². The third-order valence-electron chi connectivity index (χ3n) is 4.20. The first kappa shape index (κ1) is 18.7. The minimum atomic E-state index is -0.207. The van der Waals surface area contributed by atoms with E-state index in [2.05, 4.69) is 49.0 Å². The predicted molar refractivity (Wildman–Crippen MR) is 112 cm³/mol. The average Bonchev–Trinajstić information content (AvgIpc) is 2.93. The lowest BCUT2D eigenvalue weighted by molar-refractivity contribution is 0.0997. The number of carbonyl (C=O) groups is 1. The van der Waals surface area contributed by atoms with Crippen LogP contribution in [0.3, 0.4) is 0 Å². The van der Waals surface area contributed by atoms with Crippen LogP contribution in [0, 0.1) is 13.8 Å².